The van der Waals surface area contributed by atoms with Gasteiger partial charge in [0.15, 0.2) is 0 Å². The van der Waals surface area contributed by atoms with E-state index in [1.54, 1.807) is 18.1 Å². The second-order valence-electron chi connectivity index (χ2n) is 5.32. The van der Waals surface area contributed by atoms with E-state index in [2.05, 4.69) is 5.32 Å². The number of nitrogens with zero attached hydrogens (tertiary/aromatic N) is 1. The number of carbonyl (C=O) groups excluding carboxylic acids is 2. The molecule has 0 aromatic heterocycles. The van der Waals surface area contributed by atoms with Crippen molar-refractivity contribution in [3.63, 3.8) is 0 Å². The highest BCUT2D eigenvalue weighted by atomic mass is 16.5. The average molecular weight is 292 g/mol. The van der Waals surface area contributed by atoms with Crippen LogP contribution in [0.1, 0.15) is 27.2 Å². The third-order valence-electron chi connectivity index (χ3n) is 3.00. The van der Waals surface area contributed by atoms with Crippen LogP contribution in [0.15, 0.2) is 24.3 Å². The minimum Gasteiger partial charge on any atom is -0.497 e. The molecule has 0 aliphatic heterocycles. The molecule has 2 amide bonds. The summed E-state index contributed by atoms with van der Waals surface area (Å²) in [4.78, 5) is 25.0. The molecule has 1 aromatic rings. The van der Waals surface area contributed by atoms with Gasteiger partial charge in [-0.1, -0.05) is 19.9 Å². The highest BCUT2D eigenvalue weighted by molar-refractivity contribution is 5.91. The maximum Gasteiger partial charge on any atom is 0.223 e. The zero-order chi connectivity index (χ0) is 15.8. The Morgan fingerprint density at radius 1 is 1.33 bits per heavy atom. The van der Waals surface area contributed by atoms with E-state index in [0.29, 0.717) is 31.2 Å². The molecule has 0 aliphatic carbocycles. The standard InChI is InChI=1S/C16H24N2O3/c1-12(2)10-16(20)17-8-9-18(13(3)19)14-6-5-7-15(11-14)21-4/h5-7,11-12H,8-10H2,1-4H3,(H,17,20). The lowest BCUT2D eigenvalue weighted by Gasteiger charge is -2.22. The number of ether oxygens (including phenoxy) is 1. The van der Waals surface area contributed by atoms with Crippen LogP contribution in [0.3, 0.4) is 0 Å². The van der Waals surface area contributed by atoms with E-state index in [-0.39, 0.29) is 11.8 Å². The molecule has 0 saturated carbocycles. The third kappa shape index (κ3) is 5.85. The van der Waals surface area contributed by atoms with Crippen LogP contribution < -0.4 is 15.0 Å². The summed E-state index contributed by atoms with van der Waals surface area (Å²) in [7, 11) is 1.59. The molecule has 0 spiro atoms. The Hall–Kier alpha value is -2.04. The average Bonchev–Trinajstić information content (AvgIpc) is 2.42. The zero-order valence-corrected chi connectivity index (χ0v) is 13.2. The van der Waals surface area contributed by atoms with Gasteiger partial charge in [0.1, 0.15) is 5.75 Å². The molecular weight excluding hydrogens is 268 g/mol. The van der Waals surface area contributed by atoms with E-state index in [1.165, 1.54) is 6.92 Å². The van der Waals surface area contributed by atoms with E-state index in [9.17, 15) is 9.59 Å². The minimum absolute atomic E-state index is 0.0131. The molecule has 0 fully saturated rings. The Kier molecular flexibility index (Phi) is 6.72. The fourth-order valence-corrected chi connectivity index (χ4v) is 2.00. The number of amides is 2. The van der Waals surface area contributed by atoms with Crippen molar-refractivity contribution in [1.29, 1.82) is 0 Å². The molecule has 0 saturated heterocycles. The Morgan fingerprint density at radius 2 is 2.05 bits per heavy atom. The lowest BCUT2D eigenvalue weighted by Crippen LogP contribution is -2.37. The van der Waals surface area contributed by atoms with Crippen LogP contribution in [0.25, 0.3) is 0 Å². The zero-order valence-electron chi connectivity index (χ0n) is 13.2. The fraction of sp³-hybridized carbons (Fsp3) is 0.500. The summed E-state index contributed by atoms with van der Waals surface area (Å²) in [6.45, 7) is 6.37. The van der Waals surface area contributed by atoms with Crippen molar-refractivity contribution in [3.05, 3.63) is 24.3 Å². The molecule has 0 aliphatic rings. The van der Waals surface area contributed by atoms with Crippen LogP contribution in [-0.4, -0.2) is 32.0 Å². The van der Waals surface area contributed by atoms with Gasteiger partial charge < -0.3 is 15.0 Å². The lowest BCUT2D eigenvalue weighted by atomic mass is 10.1. The molecule has 5 nitrogen and oxygen atoms in total. The van der Waals surface area contributed by atoms with Crippen LogP contribution in [0.5, 0.6) is 5.75 Å². The van der Waals surface area contributed by atoms with Crippen LogP contribution in [0.2, 0.25) is 0 Å². The van der Waals surface area contributed by atoms with Crippen molar-refractivity contribution in [2.45, 2.75) is 27.2 Å². The van der Waals surface area contributed by atoms with Gasteiger partial charge in [0.05, 0.1) is 7.11 Å². The van der Waals surface area contributed by atoms with Gasteiger partial charge in [-0.25, -0.2) is 0 Å². The largest absolute Gasteiger partial charge is 0.497 e. The van der Waals surface area contributed by atoms with Gasteiger partial charge in [-0.05, 0) is 18.1 Å². The number of nitrogens with one attached hydrogen (secondary N) is 1. The van der Waals surface area contributed by atoms with Crippen molar-refractivity contribution in [2.75, 3.05) is 25.1 Å². The molecule has 1 rings (SSSR count). The molecule has 1 aromatic carbocycles. The number of rotatable bonds is 7. The van der Waals surface area contributed by atoms with Crippen molar-refractivity contribution < 1.29 is 14.3 Å². The summed E-state index contributed by atoms with van der Waals surface area (Å²) in [5.74, 6) is 0.968. The first-order chi connectivity index (χ1) is 9.93. The Labute approximate surface area is 126 Å². The second kappa shape index (κ2) is 8.29. The van der Waals surface area contributed by atoms with Crippen molar-refractivity contribution >= 4 is 17.5 Å². The summed E-state index contributed by atoms with van der Waals surface area (Å²) in [6, 6.07) is 7.31. The Morgan fingerprint density at radius 3 is 2.62 bits per heavy atom. The third-order valence-corrected chi connectivity index (χ3v) is 3.00. The van der Waals surface area contributed by atoms with Crippen molar-refractivity contribution in [1.82, 2.24) is 5.32 Å². The summed E-state index contributed by atoms with van der Waals surface area (Å²) >= 11 is 0. The normalized spacial score (nSPS) is 10.3. The van der Waals surface area contributed by atoms with Crippen molar-refractivity contribution in [3.8, 4) is 5.75 Å². The van der Waals surface area contributed by atoms with Crippen molar-refractivity contribution in [2.24, 2.45) is 5.92 Å². The number of hydrogen-bond acceptors (Lipinski definition) is 3. The first-order valence-electron chi connectivity index (χ1n) is 7.13. The maximum absolute atomic E-state index is 11.8. The molecule has 5 heteroatoms. The molecule has 0 heterocycles. The summed E-state index contributed by atoms with van der Waals surface area (Å²) in [6.07, 6.45) is 0.499. The number of benzene rings is 1. The van der Waals surface area contributed by atoms with Crippen LogP contribution in [-0.2, 0) is 9.59 Å². The molecule has 0 unspecified atom stereocenters. The SMILES string of the molecule is COc1cccc(N(CCNC(=O)CC(C)C)C(C)=O)c1. The van der Waals surface area contributed by atoms with E-state index in [0.717, 1.165) is 5.69 Å². The smallest absolute Gasteiger partial charge is 0.223 e. The summed E-state index contributed by atoms with van der Waals surface area (Å²) in [5, 5.41) is 2.83. The van der Waals surface area contributed by atoms with Gasteiger partial charge in [0.25, 0.3) is 0 Å². The van der Waals surface area contributed by atoms with Gasteiger partial charge in [-0.15, -0.1) is 0 Å². The maximum atomic E-state index is 11.8. The fourth-order valence-electron chi connectivity index (χ4n) is 2.00. The quantitative estimate of drug-likeness (QED) is 0.838. The van der Waals surface area contributed by atoms with Crippen LogP contribution in [0.4, 0.5) is 5.69 Å². The molecule has 116 valence electrons. The van der Waals surface area contributed by atoms with Crippen LogP contribution >= 0.6 is 0 Å². The summed E-state index contributed by atoms with van der Waals surface area (Å²) in [5.41, 5.74) is 0.764. The van der Waals surface area contributed by atoms with Gasteiger partial charge >= 0.3 is 0 Å². The number of anilines is 1. The minimum atomic E-state index is -0.0682. The molecule has 0 radical (unpaired) electrons. The second-order valence-corrected chi connectivity index (χ2v) is 5.32. The van der Waals surface area contributed by atoms with E-state index in [1.807, 2.05) is 32.0 Å². The van der Waals surface area contributed by atoms with Crippen LogP contribution in [0, 0.1) is 5.92 Å². The number of methoxy groups -OCH3 is 1. The predicted molar refractivity (Wildman–Crippen MR) is 83.5 cm³/mol. The first kappa shape index (κ1) is 17.0. The number of carbonyl (C=O) groups is 2. The highest BCUT2D eigenvalue weighted by Crippen LogP contribution is 2.20. The van der Waals surface area contributed by atoms with E-state index in [4.69, 9.17) is 4.74 Å². The predicted octanol–water partition coefficient (Wildman–Crippen LogP) is 2.21. The molecule has 1 N–H and O–H groups in total. The van der Waals surface area contributed by atoms with Gasteiger partial charge in [0.2, 0.25) is 11.8 Å². The summed E-state index contributed by atoms with van der Waals surface area (Å²) < 4.78 is 5.16. The topological polar surface area (TPSA) is 58.6 Å². The van der Waals surface area contributed by atoms with Gasteiger partial charge in [0, 0.05) is 38.2 Å². The van der Waals surface area contributed by atoms with E-state index < -0.39 is 0 Å². The molecule has 21 heavy (non-hydrogen) atoms. The molecule has 0 bridgehead atoms. The van der Waals surface area contributed by atoms with E-state index >= 15 is 0 Å². The lowest BCUT2D eigenvalue weighted by molar-refractivity contribution is -0.122. The molecular formula is C16H24N2O3. The van der Waals surface area contributed by atoms with Gasteiger partial charge in [-0.2, -0.15) is 0 Å². The van der Waals surface area contributed by atoms with Gasteiger partial charge in [-0.3, -0.25) is 9.59 Å². The molecule has 0 atom stereocenters. The highest BCUT2D eigenvalue weighted by Gasteiger charge is 2.12. The Balaban J connectivity index is 2.62. The number of hydrogen-bond donors (Lipinski definition) is 1. The first-order valence-corrected chi connectivity index (χ1v) is 7.13. The Bertz CT molecular complexity index is 486. The monoisotopic (exact) mass is 292 g/mol.